The molecule has 0 bridgehead atoms. The highest BCUT2D eigenvalue weighted by atomic mass is 32.1. The van der Waals surface area contributed by atoms with Gasteiger partial charge in [-0.25, -0.2) is 0 Å². The molecule has 0 spiro atoms. The maximum absolute atomic E-state index is 12.6. The van der Waals surface area contributed by atoms with E-state index in [1.165, 1.54) is 17.6 Å². The third kappa shape index (κ3) is 3.30. The molecule has 124 valence electrons. The highest BCUT2D eigenvalue weighted by Gasteiger charge is 2.23. The number of methoxy groups -OCH3 is 1. The summed E-state index contributed by atoms with van der Waals surface area (Å²) in [6, 6.07) is 10.9. The van der Waals surface area contributed by atoms with Crippen molar-refractivity contribution in [3.8, 4) is 16.3 Å². The summed E-state index contributed by atoms with van der Waals surface area (Å²) in [5.41, 5.74) is 0.932. The largest absolute Gasteiger partial charge is 0.497 e. The first-order valence-electron chi connectivity index (χ1n) is 7.56. The van der Waals surface area contributed by atoms with Crippen molar-refractivity contribution in [2.24, 2.45) is 0 Å². The van der Waals surface area contributed by atoms with E-state index in [0.717, 1.165) is 22.7 Å². The number of ether oxygens (including phenoxy) is 1. The molecule has 0 saturated heterocycles. The molecule has 0 radical (unpaired) electrons. The molecule has 2 heterocycles. The molecule has 7 heteroatoms. The second kappa shape index (κ2) is 7.27. The van der Waals surface area contributed by atoms with Gasteiger partial charge >= 0.3 is 0 Å². The molecule has 3 rings (SSSR count). The molecule has 0 aliphatic carbocycles. The number of rotatable bonds is 6. The average Bonchev–Trinajstić information content (AvgIpc) is 3.31. The van der Waals surface area contributed by atoms with Gasteiger partial charge in [-0.05, 0) is 42.8 Å². The molecule has 6 nitrogen and oxygen atoms in total. The van der Waals surface area contributed by atoms with Gasteiger partial charge in [0.05, 0.1) is 13.4 Å². The van der Waals surface area contributed by atoms with Crippen LogP contribution in [0.15, 0.2) is 47.1 Å². The second-order valence-corrected chi connectivity index (χ2v) is 6.01. The molecule has 0 aliphatic heterocycles. The van der Waals surface area contributed by atoms with Crippen LogP contribution in [-0.4, -0.2) is 29.8 Å². The Morgan fingerprint density at radius 1 is 1.25 bits per heavy atom. The van der Waals surface area contributed by atoms with Crippen LogP contribution < -0.4 is 9.64 Å². The van der Waals surface area contributed by atoms with Gasteiger partial charge in [-0.2, -0.15) is 0 Å². The summed E-state index contributed by atoms with van der Waals surface area (Å²) in [4.78, 5) is 14.2. The van der Waals surface area contributed by atoms with Crippen molar-refractivity contribution in [1.29, 1.82) is 0 Å². The maximum atomic E-state index is 12.6. The molecular weight excluding hydrogens is 326 g/mol. The Kier molecular flexibility index (Phi) is 4.90. The molecule has 0 saturated carbocycles. The Bertz CT molecular complexity index is 797. The minimum Gasteiger partial charge on any atom is -0.497 e. The van der Waals surface area contributed by atoms with E-state index >= 15 is 0 Å². The van der Waals surface area contributed by atoms with Gasteiger partial charge in [0.15, 0.2) is 5.76 Å². The van der Waals surface area contributed by atoms with E-state index in [2.05, 4.69) is 10.2 Å². The lowest BCUT2D eigenvalue weighted by molar-refractivity contribution is 0.0960. The van der Waals surface area contributed by atoms with E-state index in [1.54, 1.807) is 24.1 Å². The predicted octanol–water partition coefficient (Wildman–Crippen LogP) is 3.86. The van der Waals surface area contributed by atoms with Crippen LogP contribution in [-0.2, 0) is 0 Å². The summed E-state index contributed by atoms with van der Waals surface area (Å²) in [6.45, 7) is 2.56. The topological polar surface area (TPSA) is 68.5 Å². The van der Waals surface area contributed by atoms with Crippen LogP contribution in [0.25, 0.3) is 10.6 Å². The number of carbonyl (C=O) groups is 1. The summed E-state index contributed by atoms with van der Waals surface area (Å²) in [5.74, 6) is 0.869. The van der Waals surface area contributed by atoms with E-state index in [0.29, 0.717) is 17.4 Å². The molecule has 1 amide bonds. The standard InChI is InChI=1S/C17H17N3O3S/c1-3-10-20(16(21)14-5-4-11-23-14)17-19-18-15(24-17)12-6-8-13(22-2)9-7-12/h4-9,11H,3,10H2,1-2H3. The third-order valence-corrected chi connectivity index (χ3v) is 4.40. The summed E-state index contributed by atoms with van der Waals surface area (Å²) in [5, 5.41) is 9.71. The first-order chi connectivity index (χ1) is 11.7. The smallest absolute Gasteiger partial charge is 0.295 e. The van der Waals surface area contributed by atoms with Gasteiger partial charge in [0, 0.05) is 12.1 Å². The molecule has 2 aromatic heterocycles. The zero-order valence-corrected chi connectivity index (χ0v) is 14.2. The molecule has 0 N–H and O–H groups in total. The third-order valence-electron chi connectivity index (χ3n) is 3.41. The molecule has 1 aromatic carbocycles. The average molecular weight is 343 g/mol. The van der Waals surface area contributed by atoms with Crippen LogP contribution in [0.1, 0.15) is 23.9 Å². The van der Waals surface area contributed by atoms with Crippen molar-refractivity contribution in [2.45, 2.75) is 13.3 Å². The second-order valence-electron chi connectivity index (χ2n) is 5.05. The van der Waals surface area contributed by atoms with Gasteiger partial charge in [-0.15, -0.1) is 10.2 Å². The predicted molar refractivity (Wildman–Crippen MR) is 92.6 cm³/mol. The van der Waals surface area contributed by atoms with E-state index in [9.17, 15) is 4.79 Å². The minimum atomic E-state index is -0.209. The fourth-order valence-corrected chi connectivity index (χ4v) is 3.09. The number of nitrogens with zero attached hydrogens (tertiary/aromatic N) is 3. The molecular formula is C17H17N3O3S. The number of hydrogen-bond acceptors (Lipinski definition) is 6. The van der Waals surface area contributed by atoms with Crippen molar-refractivity contribution in [3.63, 3.8) is 0 Å². The Labute approximate surface area is 143 Å². The molecule has 0 unspecified atom stereocenters. The summed E-state index contributed by atoms with van der Waals surface area (Å²) in [6.07, 6.45) is 2.30. The molecule has 0 aliphatic rings. The SMILES string of the molecule is CCCN(C(=O)c1ccco1)c1nnc(-c2ccc(OC)cc2)s1. The summed E-state index contributed by atoms with van der Waals surface area (Å²) < 4.78 is 10.4. The number of benzene rings is 1. The maximum Gasteiger partial charge on any atom is 0.295 e. The summed E-state index contributed by atoms with van der Waals surface area (Å²) >= 11 is 1.37. The quantitative estimate of drug-likeness (QED) is 0.680. The Balaban J connectivity index is 1.87. The Morgan fingerprint density at radius 3 is 2.67 bits per heavy atom. The fourth-order valence-electron chi connectivity index (χ4n) is 2.22. The molecule has 24 heavy (non-hydrogen) atoms. The van der Waals surface area contributed by atoms with Crippen LogP contribution in [0.5, 0.6) is 5.75 Å². The van der Waals surface area contributed by atoms with Crippen LogP contribution in [0.4, 0.5) is 5.13 Å². The molecule has 0 atom stereocenters. The van der Waals surface area contributed by atoms with E-state index in [-0.39, 0.29) is 5.91 Å². The minimum absolute atomic E-state index is 0.209. The van der Waals surface area contributed by atoms with Crippen LogP contribution in [0, 0.1) is 0 Å². The van der Waals surface area contributed by atoms with Crippen LogP contribution >= 0.6 is 11.3 Å². The first kappa shape index (κ1) is 16.2. The number of carbonyl (C=O) groups excluding carboxylic acids is 1. The first-order valence-corrected chi connectivity index (χ1v) is 8.38. The van der Waals surface area contributed by atoms with Gasteiger partial charge < -0.3 is 9.15 Å². The number of furan rings is 1. The normalized spacial score (nSPS) is 10.6. The zero-order valence-electron chi connectivity index (χ0n) is 13.4. The number of aromatic nitrogens is 2. The van der Waals surface area contributed by atoms with E-state index in [4.69, 9.17) is 9.15 Å². The van der Waals surface area contributed by atoms with Crippen molar-refractivity contribution in [3.05, 3.63) is 48.4 Å². The van der Waals surface area contributed by atoms with Crippen LogP contribution in [0.3, 0.4) is 0 Å². The lowest BCUT2D eigenvalue weighted by Crippen LogP contribution is -2.31. The van der Waals surface area contributed by atoms with Gasteiger partial charge in [-0.3, -0.25) is 9.69 Å². The van der Waals surface area contributed by atoms with Crippen molar-refractivity contribution >= 4 is 22.4 Å². The van der Waals surface area contributed by atoms with Gasteiger partial charge in [-0.1, -0.05) is 18.3 Å². The summed E-state index contributed by atoms with van der Waals surface area (Å²) in [7, 11) is 1.63. The van der Waals surface area contributed by atoms with Gasteiger partial charge in [0.2, 0.25) is 5.13 Å². The lowest BCUT2D eigenvalue weighted by Gasteiger charge is -2.16. The van der Waals surface area contributed by atoms with E-state index in [1.807, 2.05) is 31.2 Å². The van der Waals surface area contributed by atoms with Crippen LogP contribution in [0.2, 0.25) is 0 Å². The Morgan fingerprint density at radius 2 is 2.04 bits per heavy atom. The fraction of sp³-hybridized carbons (Fsp3) is 0.235. The highest BCUT2D eigenvalue weighted by Crippen LogP contribution is 2.30. The molecule has 3 aromatic rings. The van der Waals surface area contributed by atoms with Crippen molar-refractivity contribution in [1.82, 2.24) is 10.2 Å². The van der Waals surface area contributed by atoms with E-state index < -0.39 is 0 Å². The van der Waals surface area contributed by atoms with Crippen molar-refractivity contribution < 1.29 is 13.9 Å². The lowest BCUT2D eigenvalue weighted by atomic mass is 10.2. The highest BCUT2D eigenvalue weighted by molar-refractivity contribution is 7.18. The van der Waals surface area contributed by atoms with Crippen molar-refractivity contribution in [2.75, 3.05) is 18.6 Å². The monoisotopic (exact) mass is 343 g/mol. The number of hydrogen-bond donors (Lipinski definition) is 0. The van der Waals surface area contributed by atoms with Gasteiger partial charge in [0.1, 0.15) is 10.8 Å². The number of amides is 1. The Hall–Kier alpha value is -2.67. The van der Waals surface area contributed by atoms with Gasteiger partial charge in [0.25, 0.3) is 5.91 Å². The zero-order chi connectivity index (χ0) is 16.9. The number of anilines is 1. The molecule has 0 fully saturated rings.